The molecule has 1 aromatic carbocycles. The maximum Gasteiger partial charge on any atom is 0.274 e. The number of hydrogen-bond acceptors (Lipinski definition) is 4. The Morgan fingerprint density at radius 2 is 1.83 bits per heavy atom. The minimum Gasteiger partial charge on any atom is -0.351 e. The Morgan fingerprint density at radius 3 is 2.52 bits per heavy atom. The van der Waals surface area contributed by atoms with Crippen LogP contribution in [0, 0.1) is 0 Å². The highest BCUT2D eigenvalue weighted by atomic mass is 16.2. The highest BCUT2D eigenvalue weighted by Crippen LogP contribution is 2.08. The second-order valence-corrected chi connectivity index (χ2v) is 5.31. The first-order valence-corrected chi connectivity index (χ1v) is 7.31. The van der Waals surface area contributed by atoms with Gasteiger partial charge < -0.3 is 15.5 Å². The molecule has 0 spiro atoms. The molecule has 120 valence electrons. The highest BCUT2D eigenvalue weighted by Gasteiger charge is 2.12. The third-order valence-corrected chi connectivity index (χ3v) is 3.13. The number of pyridine rings is 1. The van der Waals surface area contributed by atoms with Crippen molar-refractivity contribution in [2.24, 2.45) is 0 Å². The molecule has 0 aliphatic heterocycles. The van der Waals surface area contributed by atoms with Gasteiger partial charge in [-0.25, -0.2) is 0 Å². The van der Waals surface area contributed by atoms with Crippen molar-refractivity contribution in [2.45, 2.75) is 0 Å². The summed E-state index contributed by atoms with van der Waals surface area (Å²) in [5.74, 6) is -0.567. The number of amides is 2. The van der Waals surface area contributed by atoms with E-state index in [-0.39, 0.29) is 17.5 Å². The number of anilines is 1. The van der Waals surface area contributed by atoms with Crippen molar-refractivity contribution < 1.29 is 9.59 Å². The molecule has 0 atom stereocenters. The van der Waals surface area contributed by atoms with Crippen LogP contribution in [-0.4, -0.2) is 48.9 Å². The molecule has 2 N–H and O–H groups in total. The van der Waals surface area contributed by atoms with Crippen LogP contribution in [-0.2, 0) is 0 Å². The summed E-state index contributed by atoms with van der Waals surface area (Å²) in [6.45, 7) is 1.29. The Morgan fingerprint density at radius 1 is 1.09 bits per heavy atom. The fourth-order valence-corrected chi connectivity index (χ4v) is 1.91. The lowest BCUT2D eigenvalue weighted by Gasteiger charge is -2.10. The molecule has 1 aromatic heterocycles. The molecule has 0 radical (unpaired) electrons. The molecule has 1 heterocycles. The average Bonchev–Trinajstić information content (AvgIpc) is 2.55. The van der Waals surface area contributed by atoms with E-state index in [9.17, 15) is 9.59 Å². The number of nitrogens with zero attached hydrogens (tertiary/aromatic N) is 2. The molecule has 2 rings (SSSR count). The topological polar surface area (TPSA) is 74.3 Å². The largest absolute Gasteiger partial charge is 0.351 e. The van der Waals surface area contributed by atoms with Crippen LogP contribution in [0.3, 0.4) is 0 Å². The van der Waals surface area contributed by atoms with Crippen molar-refractivity contribution in [1.29, 1.82) is 0 Å². The number of benzene rings is 1. The Kier molecular flexibility index (Phi) is 5.82. The smallest absolute Gasteiger partial charge is 0.274 e. The van der Waals surface area contributed by atoms with Crippen LogP contribution in [0.2, 0.25) is 0 Å². The van der Waals surface area contributed by atoms with Crippen LogP contribution in [0.5, 0.6) is 0 Å². The average molecular weight is 312 g/mol. The van der Waals surface area contributed by atoms with E-state index < -0.39 is 0 Å². The number of nitrogens with one attached hydrogen (secondary N) is 2. The Hall–Kier alpha value is -2.73. The van der Waals surface area contributed by atoms with E-state index in [1.54, 1.807) is 18.2 Å². The highest BCUT2D eigenvalue weighted by molar-refractivity contribution is 6.04. The molecule has 0 bridgehead atoms. The lowest BCUT2D eigenvalue weighted by Crippen LogP contribution is -2.31. The van der Waals surface area contributed by atoms with E-state index >= 15 is 0 Å². The van der Waals surface area contributed by atoms with Crippen LogP contribution < -0.4 is 10.6 Å². The number of likely N-dealkylation sites (N-methyl/N-ethyl adjacent to an activating group) is 1. The zero-order valence-electron chi connectivity index (χ0n) is 13.2. The Bertz CT molecular complexity index is 671. The standard InChI is InChI=1S/C17H20N4O2/c1-21(2)11-10-19-16(22)13-8-9-18-15(12-13)17(23)20-14-6-4-3-5-7-14/h3-9,12H,10-11H2,1-2H3,(H,19,22)(H,20,23). The Labute approximate surface area is 135 Å². The molecule has 0 saturated heterocycles. The molecule has 2 amide bonds. The molecule has 0 aliphatic rings. The molecule has 2 aromatic rings. The van der Waals surface area contributed by atoms with Crippen molar-refractivity contribution in [3.8, 4) is 0 Å². The van der Waals surface area contributed by atoms with Crippen molar-refractivity contribution in [3.05, 3.63) is 59.9 Å². The van der Waals surface area contributed by atoms with Crippen molar-refractivity contribution in [2.75, 3.05) is 32.5 Å². The summed E-state index contributed by atoms with van der Waals surface area (Å²) in [5, 5.41) is 5.55. The minimum atomic E-state index is -0.348. The predicted molar refractivity (Wildman–Crippen MR) is 89.5 cm³/mol. The Balaban J connectivity index is 2.01. The van der Waals surface area contributed by atoms with Crippen molar-refractivity contribution in [3.63, 3.8) is 0 Å². The van der Waals surface area contributed by atoms with Crippen LogP contribution >= 0.6 is 0 Å². The summed E-state index contributed by atoms with van der Waals surface area (Å²) in [5.41, 5.74) is 1.30. The van der Waals surface area contributed by atoms with E-state index in [4.69, 9.17) is 0 Å². The summed E-state index contributed by atoms with van der Waals surface area (Å²) in [6, 6.07) is 12.2. The van der Waals surface area contributed by atoms with Crippen molar-refractivity contribution >= 4 is 17.5 Å². The lowest BCUT2D eigenvalue weighted by molar-refractivity contribution is 0.0951. The fraction of sp³-hybridized carbons (Fsp3) is 0.235. The van der Waals surface area contributed by atoms with Crippen LogP contribution in [0.1, 0.15) is 20.8 Å². The SMILES string of the molecule is CN(C)CCNC(=O)c1ccnc(C(=O)Nc2ccccc2)c1. The van der Waals surface area contributed by atoms with Crippen LogP contribution in [0.4, 0.5) is 5.69 Å². The number of rotatable bonds is 6. The molecule has 0 fully saturated rings. The van der Waals surface area contributed by atoms with Gasteiger partial charge in [0.05, 0.1) is 0 Å². The van der Waals surface area contributed by atoms with Crippen molar-refractivity contribution in [1.82, 2.24) is 15.2 Å². The first-order valence-electron chi connectivity index (χ1n) is 7.31. The van der Waals surface area contributed by atoms with E-state index in [1.165, 1.54) is 12.3 Å². The third kappa shape index (κ3) is 5.19. The number of para-hydroxylation sites is 1. The maximum atomic E-state index is 12.2. The van der Waals surface area contributed by atoms with Crippen LogP contribution in [0.25, 0.3) is 0 Å². The minimum absolute atomic E-state index is 0.203. The van der Waals surface area contributed by atoms with Gasteiger partial charge in [-0.1, -0.05) is 18.2 Å². The van der Waals surface area contributed by atoms with Gasteiger partial charge in [0.1, 0.15) is 5.69 Å². The van der Waals surface area contributed by atoms with Gasteiger partial charge in [0.25, 0.3) is 11.8 Å². The zero-order valence-corrected chi connectivity index (χ0v) is 13.2. The lowest BCUT2D eigenvalue weighted by atomic mass is 10.2. The molecule has 0 saturated carbocycles. The van der Waals surface area contributed by atoms with Gasteiger partial charge in [-0.3, -0.25) is 14.6 Å². The first kappa shape index (κ1) is 16.6. The molecule has 0 aliphatic carbocycles. The molecule has 23 heavy (non-hydrogen) atoms. The zero-order chi connectivity index (χ0) is 16.7. The molecular formula is C17H20N4O2. The maximum absolute atomic E-state index is 12.2. The van der Waals surface area contributed by atoms with Gasteiger partial charge in [-0.05, 0) is 38.4 Å². The van der Waals surface area contributed by atoms with E-state index in [0.717, 1.165) is 6.54 Å². The van der Waals surface area contributed by atoms with Gasteiger partial charge >= 0.3 is 0 Å². The number of aromatic nitrogens is 1. The van der Waals surface area contributed by atoms with Gasteiger partial charge in [0.15, 0.2) is 0 Å². The number of carbonyl (C=O) groups excluding carboxylic acids is 2. The number of hydrogen-bond donors (Lipinski definition) is 2. The number of carbonyl (C=O) groups is 2. The fourth-order valence-electron chi connectivity index (χ4n) is 1.91. The van der Waals surface area contributed by atoms with E-state index in [1.807, 2.05) is 37.2 Å². The van der Waals surface area contributed by atoms with Gasteiger partial charge in [0.2, 0.25) is 0 Å². The van der Waals surface area contributed by atoms with Gasteiger partial charge in [-0.15, -0.1) is 0 Å². The molecule has 0 unspecified atom stereocenters. The summed E-state index contributed by atoms with van der Waals surface area (Å²) >= 11 is 0. The second kappa shape index (κ2) is 8.05. The van der Waals surface area contributed by atoms with Crippen LogP contribution in [0.15, 0.2) is 48.7 Å². The summed E-state index contributed by atoms with van der Waals surface area (Å²) in [7, 11) is 3.87. The summed E-state index contributed by atoms with van der Waals surface area (Å²) in [6.07, 6.45) is 1.46. The quantitative estimate of drug-likeness (QED) is 0.850. The molecule has 6 heteroatoms. The van der Waals surface area contributed by atoms with E-state index in [2.05, 4.69) is 15.6 Å². The first-order chi connectivity index (χ1) is 11.1. The summed E-state index contributed by atoms with van der Waals surface area (Å²) < 4.78 is 0. The van der Waals surface area contributed by atoms with Gasteiger partial charge in [0, 0.05) is 30.5 Å². The third-order valence-electron chi connectivity index (χ3n) is 3.13. The molecule has 6 nitrogen and oxygen atoms in total. The second-order valence-electron chi connectivity index (χ2n) is 5.31. The predicted octanol–water partition coefficient (Wildman–Crippen LogP) is 1.63. The summed E-state index contributed by atoms with van der Waals surface area (Å²) in [4.78, 5) is 30.3. The van der Waals surface area contributed by atoms with E-state index in [0.29, 0.717) is 17.8 Å². The molecular weight excluding hydrogens is 292 g/mol. The van der Waals surface area contributed by atoms with Gasteiger partial charge in [-0.2, -0.15) is 0 Å². The normalized spacial score (nSPS) is 10.4. The monoisotopic (exact) mass is 312 g/mol.